The van der Waals surface area contributed by atoms with Crippen LogP contribution in [-0.4, -0.2) is 58.2 Å². The lowest BCUT2D eigenvalue weighted by atomic mass is 9.98. The van der Waals surface area contributed by atoms with E-state index >= 15 is 0 Å². The van der Waals surface area contributed by atoms with Gasteiger partial charge in [-0.05, 0) is 38.5 Å². The molecular weight excluding hydrogens is 330 g/mol. The van der Waals surface area contributed by atoms with Crippen LogP contribution in [0.5, 0.6) is 11.5 Å². The zero-order chi connectivity index (χ0) is 18.3. The summed E-state index contributed by atoms with van der Waals surface area (Å²) < 4.78 is 12.9. The van der Waals surface area contributed by atoms with Gasteiger partial charge in [0.15, 0.2) is 17.3 Å². The summed E-state index contributed by atoms with van der Waals surface area (Å²) in [7, 11) is 2.03. The fourth-order valence-electron chi connectivity index (χ4n) is 3.62. The van der Waals surface area contributed by atoms with Crippen LogP contribution in [0.2, 0.25) is 0 Å². The molecule has 26 heavy (non-hydrogen) atoms. The number of hydrogen-bond acceptors (Lipinski definition) is 6. The number of fused-ring (bicyclic) bond motifs is 1. The van der Waals surface area contributed by atoms with Crippen molar-refractivity contribution in [1.82, 2.24) is 19.7 Å². The average molecular weight is 357 g/mol. The zero-order valence-corrected chi connectivity index (χ0v) is 16.0. The van der Waals surface area contributed by atoms with E-state index in [1.54, 1.807) is 0 Å². The molecule has 1 saturated heterocycles. The second-order valence-electron chi connectivity index (χ2n) is 7.59. The first kappa shape index (κ1) is 17.1. The molecule has 2 aromatic rings. The summed E-state index contributed by atoms with van der Waals surface area (Å²) in [5.74, 6) is 3.31. The summed E-state index contributed by atoms with van der Waals surface area (Å²) in [6.07, 6.45) is 1.16. The first-order valence-corrected chi connectivity index (χ1v) is 9.29. The lowest BCUT2D eigenvalue weighted by molar-refractivity contribution is 0.108. The number of ether oxygens (including phenoxy) is 2. The van der Waals surface area contributed by atoms with E-state index in [2.05, 4.69) is 45.3 Å². The molecule has 2 aliphatic heterocycles. The summed E-state index contributed by atoms with van der Waals surface area (Å²) >= 11 is 0. The number of hydrogen-bond donors (Lipinski definition) is 0. The van der Waals surface area contributed by atoms with E-state index in [4.69, 9.17) is 9.47 Å². The predicted molar refractivity (Wildman–Crippen MR) is 101 cm³/mol. The molecule has 1 aromatic heterocycles. The van der Waals surface area contributed by atoms with Crippen molar-refractivity contribution in [2.24, 2.45) is 7.05 Å². The fourth-order valence-corrected chi connectivity index (χ4v) is 3.62. The highest BCUT2D eigenvalue weighted by atomic mass is 16.7. The third-order valence-corrected chi connectivity index (χ3v) is 5.77. The lowest BCUT2D eigenvalue weighted by Crippen LogP contribution is -2.54. The maximum Gasteiger partial charge on any atom is 0.231 e. The first-order chi connectivity index (χ1) is 12.5. The van der Waals surface area contributed by atoms with Crippen molar-refractivity contribution in [2.75, 3.05) is 37.9 Å². The molecule has 0 unspecified atom stereocenters. The van der Waals surface area contributed by atoms with Crippen molar-refractivity contribution in [2.45, 2.75) is 32.7 Å². The minimum atomic E-state index is 0.254. The Balaban J connectivity index is 1.52. The van der Waals surface area contributed by atoms with Crippen molar-refractivity contribution in [3.05, 3.63) is 18.2 Å². The first-order valence-electron chi connectivity index (χ1n) is 9.29. The number of anilines is 1. The molecule has 140 valence electrons. The molecule has 1 fully saturated rings. The van der Waals surface area contributed by atoms with Crippen LogP contribution in [0.25, 0.3) is 11.4 Å². The average Bonchev–Trinajstić information content (AvgIpc) is 3.27. The normalized spacial score (nSPS) is 17.8. The highest BCUT2D eigenvalue weighted by Gasteiger charge is 2.30. The highest BCUT2D eigenvalue weighted by molar-refractivity contribution is 5.63. The fraction of sp³-hybridized carbons (Fsp3) is 0.579. The Labute approximate surface area is 154 Å². The van der Waals surface area contributed by atoms with Gasteiger partial charge >= 0.3 is 0 Å². The van der Waals surface area contributed by atoms with E-state index in [9.17, 15) is 0 Å². The third kappa shape index (κ3) is 2.90. The van der Waals surface area contributed by atoms with Gasteiger partial charge in [0.05, 0.1) is 0 Å². The van der Waals surface area contributed by atoms with Gasteiger partial charge in [0.1, 0.15) is 0 Å². The number of nitrogens with zero attached hydrogens (tertiary/aromatic N) is 5. The van der Waals surface area contributed by atoms with E-state index in [1.165, 1.54) is 0 Å². The molecule has 0 aliphatic carbocycles. The summed E-state index contributed by atoms with van der Waals surface area (Å²) in [5.41, 5.74) is 1.24. The van der Waals surface area contributed by atoms with Gasteiger partial charge in [0.25, 0.3) is 0 Å². The van der Waals surface area contributed by atoms with Crippen molar-refractivity contribution in [1.29, 1.82) is 0 Å². The molecule has 0 N–H and O–H groups in total. The van der Waals surface area contributed by atoms with Crippen LogP contribution in [0, 0.1) is 0 Å². The minimum Gasteiger partial charge on any atom is -0.454 e. The van der Waals surface area contributed by atoms with Gasteiger partial charge in [-0.2, -0.15) is 0 Å². The summed E-state index contributed by atoms with van der Waals surface area (Å²) in [6.45, 7) is 11.2. The van der Waals surface area contributed by atoms with E-state index in [1.807, 2.05) is 25.2 Å². The molecule has 2 aliphatic rings. The van der Waals surface area contributed by atoms with Crippen molar-refractivity contribution >= 4 is 5.95 Å². The summed E-state index contributed by atoms with van der Waals surface area (Å²) in [4.78, 5) is 4.89. The Morgan fingerprint density at radius 2 is 1.77 bits per heavy atom. The van der Waals surface area contributed by atoms with Crippen molar-refractivity contribution in [3.8, 4) is 22.9 Å². The van der Waals surface area contributed by atoms with E-state index in [0.29, 0.717) is 0 Å². The second kappa shape index (κ2) is 6.46. The highest BCUT2D eigenvalue weighted by Crippen LogP contribution is 2.36. The maximum atomic E-state index is 5.48. The van der Waals surface area contributed by atoms with Crippen LogP contribution in [0.3, 0.4) is 0 Å². The molecular formula is C19H27N5O2. The van der Waals surface area contributed by atoms with E-state index in [0.717, 1.165) is 61.4 Å². The second-order valence-corrected chi connectivity index (χ2v) is 7.59. The molecule has 0 radical (unpaired) electrons. The number of benzene rings is 1. The molecule has 0 spiro atoms. The van der Waals surface area contributed by atoms with Gasteiger partial charge in [0.2, 0.25) is 12.7 Å². The van der Waals surface area contributed by atoms with Gasteiger partial charge < -0.3 is 14.4 Å². The molecule has 0 atom stereocenters. The number of aromatic nitrogens is 3. The molecule has 0 amide bonds. The minimum absolute atomic E-state index is 0.254. The van der Waals surface area contributed by atoms with E-state index in [-0.39, 0.29) is 12.3 Å². The van der Waals surface area contributed by atoms with Crippen LogP contribution in [0.1, 0.15) is 27.2 Å². The van der Waals surface area contributed by atoms with Crippen LogP contribution in [-0.2, 0) is 7.05 Å². The van der Waals surface area contributed by atoms with Crippen LogP contribution in [0.4, 0.5) is 5.95 Å². The summed E-state index contributed by atoms with van der Waals surface area (Å²) in [6, 6.07) is 5.90. The van der Waals surface area contributed by atoms with Crippen LogP contribution in [0.15, 0.2) is 18.2 Å². The van der Waals surface area contributed by atoms with E-state index < -0.39 is 0 Å². The van der Waals surface area contributed by atoms with Gasteiger partial charge in [-0.1, -0.05) is 6.92 Å². The lowest BCUT2D eigenvalue weighted by Gasteiger charge is -2.43. The largest absolute Gasteiger partial charge is 0.454 e. The van der Waals surface area contributed by atoms with Crippen LogP contribution < -0.4 is 14.4 Å². The Bertz CT molecular complexity index is 793. The molecule has 7 nitrogen and oxygen atoms in total. The third-order valence-electron chi connectivity index (χ3n) is 5.77. The quantitative estimate of drug-likeness (QED) is 0.838. The van der Waals surface area contributed by atoms with Crippen molar-refractivity contribution in [3.63, 3.8) is 0 Å². The monoisotopic (exact) mass is 357 g/mol. The molecule has 1 aromatic carbocycles. The number of piperazine rings is 1. The topological polar surface area (TPSA) is 55.7 Å². The van der Waals surface area contributed by atoms with Crippen molar-refractivity contribution < 1.29 is 9.47 Å². The SMILES string of the molecule is CCC(C)(C)N1CCN(c2nnc(-c3ccc4c(c3)OCO4)n2C)CC1. The maximum absolute atomic E-state index is 5.48. The number of rotatable bonds is 4. The summed E-state index contributed by atoms with van der Waals surface area (Å²) in [5, 5.41) is 8.90. The molecule has 4 rings (SSSR count). The Kier molecular flexibility index (Phi) is 4.26. The molecule has 7 heteroatoms. The Morgan fingerprint density at radius 3 is 2.50 bits per heavy atom. The molecule has 3 heterocycles. The molecule has 0 bridgehead atoms. The van der Waals surface area contributed by atoms with Gasteiger partial charge in [0, 0.05) is 44.3 Å². The predicted octanol–water partition coefficient (Wildman–Crippen LogP) is 2.52. The Morgan fingerprint density at radius 1 is 1.04 bits per heavy atom. The smallest absolute Gasteiger partial charge is 0.231 e. The van der Waals surface area contributed by atoms with Crippen LogP contribution >= 0.6 is 0 Å². The Hall–Kier alpha value is -2.28. The van der Waals surface area contributed by atoms with Gasteiger partial charge in [-0.15, -0.1) is 10.2 Å². The van der Waals surface area contributed by atoms with Gasteiger partial charge in [-0.25, -0.2) is 0 Å². The zero-order valence-electron chi connectivity index (χ0n) is 16.0. The molecule has 0 saturated carbocycles. The van der Waals surface area contributed by atoms with Gasteiger partial charge in [-0.3, -0.25) is 9.47 Å². The standard InChI is InChI=1S/C19H27N5O2/c1-5-19(2,3)24-10-8-23(9-11-24)18-21-20-17(22(18)4)14-6-7-15-16(12-14)26-13-25-15/h6-7,12H,5,8-11,13H2,1-4H3.